The second-order valence-electron chi connectivity index (χ2n) is 5.33. The van der Waals surface area contributed by atoms with Crippen molar-refractivity contribution in [2.75, 3.05) is 6.54 Å². The molecule has 0 saturated heterocycles. The maximum absolute atomic E-state index is 4.48. The van der Waals surface area contributed by atoms with Crippen LogP contribution >= 0.6 is 0 Å². The lowest BCUT2D eigenvalue weighted by molar-refractivity contribution is 0.551. The summed E-state index contributed by atoms with van der Waals surface area (Å²) < 4.78 is 0. The third-order valence-corrected chi connectivity index (χ3v) is 3.11. The molecule has 0 unspecified atom stereocenters. The van der Waals surface area contributed by atoms with Crippen molar-refractivity contribution in [2.24, 2.45) is 5.92 Å². The van der Waals surface area contributed by atoms with Crippen LogP contribution < -0.4 is 5.32 Å². The van der Waals surface area contributed by atoms with Gasteiger partial charge in [0, 0.05) is 42.5 Å². The molecule has 106 valence electrons. The van der Waals surface area contributed by atoms with Crippen molar-refractivity contribution in [3.63, 3.8) is 0 Å². The molecule has 0 aromatic carbocycles. The van der Waals surface area contributed by atoms with Crippen molar-refractivity contribution in [3.8, 4) is 11.4 Å². The van der Waals surface area contributed by atoms with Crippen molar-refractivity contribution in [1.29, 1.82) is 0 Å². The summed E-state index contributed by atoms with van der Waals surface area (Å²) in [7, 11) is 0. The summed E-state index contributed by atoms with van der Waals surface area (Å²) in [6.07, 6.45) is 8.40. The van der Waals surface area contributed by atoms with Gasteiger partial charge in [-0.3, -0.25) is 4.98 Å². The molecule has 0 atom stereocenters. The first-order chi connectivity index (χ1) is 9.70. The standard InChI is InChI=1S/C16H22N4/c1-4-14-11-17-6-5-15(14)16-19-9-13(10-20-16)8-18-7-12(2)3/h5-6,9-12,18H,4,7-8H2,1-3H3. The van der Waals surface area contributed by atoms with Crippen LogP contribution in [-0.4, -0.2) is 21.5 Å². The number of hydrogen-bond donors (Lipinski definition) is 1. The minimum atomic E-state index is 0.652. The summed E-state index contributed by atoms with van der Waals surface area (Å²) in [6.45, 7) is 8.33. The van der Waals surface area contributed by atoms with E-state index in [1.807, 2.05) is 24.7 Å². The third kappa shape index (κ3) is 3.84. The average molecular weight is 270 g/mol. The van der Waals surface area contributed by atoms with Crippen molar-refractivity contribution in [2.45, 2.75) is 33.7 Å². The topological polar surface area (TPSA) is 50.7 Å². The molecule has 20 heavy (non-hydrogen) atoms. The fraction of sp³-hybridized carbons (Fsp3) is 0.438. The molecule has 2 heterocycles. The van der Waals surface area contributed by atoms with Crippen molar-refractivity contribution in [3.05, 3.63) is 42.0 Å². The van der Waals surface area contributed by atoms with Gasteiger partial charge in [-0.05, 0) is 30.5 Å². The summed E-state index contributed by atoms with van der Waals surface area (Å²) in [6, 6.07) is 1.98. The lowest BCUT2D eigenvalue weighted by atomic mass is 10.1. The molecular formula is C16H22N4. The average Bonchev–Trinajstić information content (AvgIpc) is 2.47. The Balaban J connectivity index is 2.08. The van der Waals surface area contributed by atoms with Crippen molar-refractivity contribution in [1.82, 2.24) is 20.3 Å². The molecule has 0 radical (unpaired) electrons. The molecule has 0 spiro atoms. The number of rotatable bonds is 6. The Bertz CT molecular complexity index is 534. The van der Waals surface area contributed by atoms with Crippen LogP contribution in [0.2, 0.25) is 0 Å². The molecular weight excluding hydrogens is 248 g/mol. The Labute approximate surface area is 120 Å². The van der Waals surface area contributed by atoms with E-state index in [9.17, 15) is 0 Å². The van der Waals surface area contributed by atoms with Gasteiger partial charge in [-0.15, -0.1) is 0 Å². The summed E-state index contributed by atoms with van der Waals surface area (Å²) >= 11 is 0. The number of aryl methyl sites for hydroxylation is 1. The van der Waals surface area contributed by atoms with Gasteiger partial charge in [0.15, 0.2) is 5.82 Å². The Morgan fingerprint density at radius 2 is 1.90 bits per heavy atom. The van der Waals surface area contributed by atoms with Crippen LogP contribution in [0.15, 0.2) is 30.9 Å². The predicted molar refractivity (Wildman–Crippen MR) is 81.2 cm³/mol. The molecule has 1 N–H and O–H groups in total. The molecule has 4 heteroatoms. The van der Waals surface area contributed by atoms with Gasteiger partial charge in [-0.1, -0.05) is 20.8 Å². The third-order valence-electron chi connectivity index (χ3n) is 3.11. The second-order valence-corrected chi connectivity index (χ2v) is 5.33. The second kappa shape index (κ2) is 7.10. The molecule has 0 bridgehead atoms. The zero-order valence-electron chi connectivity index (χ0n) is 12.4. The van der Waals surface area contributed by atoms with E-state index in [-0.39, 0.29) is 0 Å². The first-order valence-corrected chi connectivity index (χ1v) is 7.15. The minimum Gasteiger partial charge on any atom is -0.312 e. The van der Waals surface area contributed by atoms with E-state index in [1.165, 1.54) is 5.56 Å². The van der Waals surface area contributed by atoms with Gasteiger partial charge in [0.05, 0.1) is 0 Å². The van der Waals surface area contributed by atoms with Crippen LogP contribution in [-0.2, 0) is 13.0 Å². The molecule has 0 amide bonds. The molecule has 2 aromatic rings. The monoisotopic (exact) mass is 270 g/mol. The van der Waals surface area contributed by atoms with E-state index in [1.54, 1.807) is 6.20 Å². The zero-order valence-corrected chi connectivity index (χ0v) is 12.4. The van der Waals surface area contributed by atoms with Gasteiger partial charge in [0.1, 0.15) is 0 Å². The van der Waals surface area contributed by atoms with Gasteiger partial charge in [0.2, 0.25) is 0 Å². The number of aromatic nitrogens is 3. The lowest BCUT2D eigenvalue weighted by Crippen LogP contribution is -2.19. The van der Waals surface area contributed by atoms with Crippen LogP contribution in [0, 0.1) is 5.92 Å². The first kappa shape index (κ1) is 14.6. The first-order valence-electron chi connectivity index (χ1n) is 7.15. The number of nitrogens with zero attached hydrogens (tertiary/aromatic N) is 3. The van der Waals surface area contributed by atoms with E-state index >= 15 is 0 Å². The highest BCUT2D eigenvalue weighted by Gasteiger charge is 2.06. The highest BCUT2D eigenvalue weighted by Crippen LogP contribution is 2.19. The number of nitrogens with one attached hydrogen (secondary N) is 1. The van der Waals surface area contributed by atoms with E-state index in [2.05, 4.69) is 41.0 Å². The molecule has 0 saturated carbocycles. The summed E-state index contributed by atoms with van der Waals surface area (Å²) in [5.41, 5.74) is 3.36. The fourth-order valence-corrected chi connectivity index (χ4v) is 2.02. The highest BCUT2D eigenvalue weighted by molar-refractivity contribution is 5.58. The van der Waals surface area contributed by atoms with Gasteiger partial charge in [-0.2, -0.15) is 0 Å². The Morgan fingerprint density at radius 3 is 2.55 bits per heavy atom. The molecule has 2 aromatic heterocycles. The maximum atomic E-state index is 4.48. The molecule has 0 fully saturated rings. The van der Waals surface area contributed by atoms with Crippen LogP contribution in [0.1, 0.15) is 31.9 Å². The van der Waals surface area contributed by atoms with Crippen LogP contribution in [0.3, 0.4) is 0 Å². The molecule has 4 nitrogen and oxygen atoms in total. The van der Waals surface area contributed by atoms with E-state index < -0.39 is 0 Å². The highest BCUT2D eigenvalue weighted by atomic mass is 14.9. The van der Waals surface area contributed by atoms with Crippen LogP contribution in [0.5, 0.6) is 0 Å². The van der Waals surface area contributed by atoms with E-state index in [4.69, 9.17) is 0 Å². The summed E-state index contributed by atoms with van der Waals surface area (Å²) in [4.78, 5) is 13.1. The normalized spacial score (nSPS) is 11.0. The maximum Gasteiger partial charge on any atom is 0.159 e. The molecule has 0 aliphatic rings. The quantitative estimate of drug-likeness (QED) is 0.877. The van der Waals surface area contributed by atoms with Crippen molar-refractivity contribution >= 4 is 0 Å². The van der Waals surface area contributed by atoms with Crippen LogP contribution in [0.25, 0.3) is 11.4 Å². The lowest BCUT2D eigenvalue weighted by Gasteiger charge is -2.08. The van der Waals surface area contributed by atoms with Crippen LogP contribution in [0.4, 0.5) is 0 Å². The Kier molecular flexibility index (Phi) is 5.18. The SMILES string of the molecule is CCc1cnccc1-c1ncc(CNCC(C)C)cn1. The largest absolute Gasteiger partial charge is 0.312 e. The number of pyridine rings is 1. The van der Waals surface area contributed by atoms with Gasteiger partial charge in [-0.25, -0.2) is 9.97 Å². The summed E-state index contributed by atoms with van der Waals surface area (Å²) in [5.74, 6) is 1.43. The van der Waals surface area contributed by atoms with Gasteiger partial charge < -0.3 is 5.32 Å². The van der Waals surface area contributed by atoms with E-state index in [0.717, 1.165) is 36.5 Å². The smallest absolute Gasteiger partial charge is 0.159 e. The Morgan fingerprint density at radius 1 is 1.15 bits per heavy atom. The Hall–Kier alpha value is -1.81. The number of hydrogen-bond acceptors (Lipinski definition) is 4. The zero-order chi connectivity index (χ0) is 14.4. The predicted octanol–water partition coefficient (Wildman–Crippen LogP) is 2.85. The molecule has 2 rings (SSSR count). The van der Waals surface area contributed by atoms with Gasteiger partial charge >= 0.3 is 0 Å². The fourth-order valence-electron chi connectivity index (χ4n) is 2.02. The van der Waals surface area contributed by atoms with Crippen molar-refractivity contribution < 1.29 is 0 Å². The summed E-state index contributed by atoms with van der Waals surface area (Å²) in [5, 5.41) is 3.39. The van der Waals surface area contributed by atoms with E-state index in [0.29, 0.717) is 5.92 Å². The van der Waals surface area contributed by atoms with Gasteiger partial charge in [0.25, 0.3) is 0 Å². The molecule has 0 aliphatic heterocycles. The molecule has 0 aliphatic carbocycles. The minimum absolute atomic E-state index is 0.652.